The fourth-order valence-electron chi connectivity index (χ4n) is 1.92. The summed E-state index contributed by atoms with van der Waals surface area (Å²) < 4.78 is 0. The minimum atomic E-state index is -0.243. The summed E-state index contributed by atoms with van der Waals surface area (Å²) in [6.45, 7) is 2.14. The van der Waals surface area contributed by atoms with Crippen LogP contribution in [0.25, 0.3) is 0 Å². The summed E-state index contributed by atoms with van der Waals surface area (Å²) >= 11 is 0. The maximum atomic E-state index is 12.0. The van der Waals surface area contributed by atoms with Crippen LogP contribution in [0.5, 0.6) is 0 Å². The standard InChI is InChI=1S/C17H19N3O/c1-2-3-11-16(14-8-5-4-6-9-14)19-20-17(21)15-10-7-12-18-13-15/h4-10,12-13H,2-3,11H2,1H3,(H,20,21)/b19-16+. The first-order valence-corrected chi connectivity index (χ1v) is 7.13. The Hall–Kier alpha value is -2.49. The van der Waals surface area contributed by atoms with Gasteiger partial charge in [0.1, 0.15) is 0 Å². The molecule has 0 fully saturated rings. The van der Waals surface area contributed by atoms with Gasteiger partial charge in [-0.25, -0.2) is 5.43 Å². The van der Waals surface area contributed by atoms with Crippen LogP contribution in [-0.2, 0) is 0 Å². The molecular weight excluding hydrogens is 262 g/mol. The van der Waals surface area contributed by atoms with Crippen molar-refractivity contribution in [2.24, 2.45) is 5.10 Å². The van der Waals surface area contributed by atoms with E-state index in [0.717, 1.165) is 30.5 Å². The van der Waals surface area contributed by atoms with Crippen LogP contribution >= 0.6 is 0 Å². The molecule has 1 amide bonds. The third kappa shape index (κ3) is 4.53. The quantitative estimate of drug-likeness (QED) is 0.651. The zero-order chi connectivity index (χ0) is 14.9. The molecule has 0 atom stereocenters. The fraction of sp³-hybridized carbons (Fsp3) is 0.235. The molecule has 0 radical (unpaired) electrons. The molecule has 4 heteroatoms. The van der Waals surface area contributed by atoms with E-state index in [-0.39, 0.29) is 5.91 Å². The first-order chi connectivity index (χ1) is 10.3. The topological polar surface area (TPSA) is 54.4 Å². The number of benzene rings is 1. The molecule has 108 valence electrons. The molecule has 0 aliphatic carbocycles. The Morgan fingerprint density at radius 3 is 2.57 bits per heavy atom. The lowest BCUT2D eigenvalue weighted by Crippen LogP contribution is -2.20. The van der Waals surface area contributed by atoms with Crippen LogP contribution in [0.2, 0.25) is 0 Å². The summed E-state index contributed by atoms with van der Waals surface area (Å²) in [4.78, 5) is 15.9. The van der Waals surface area contributed by atoms with E-state index in [1.54, 1.807) is 18.3 Å². The molecule has 4 nitrogen and oxygen atoms in total. The van der Waals surface area contributed by atoms with Crippen LogP contribution in [0, 0.1) is 0 Å². The Morgan fingerprint density at radius 2 is 1.90 bits per heavy atom. The minimum Gasteiger partial charge on any atom is -0.267 e. The van der Waals surface area contributed by atoms with E-state index in [1.165, 1.54) is 6.20 Å². The molecule has 1 aromatic carbocycles. The zero-order valence-electron chi connectivity index (χ0n) is 12.1. The molecule has 0 spiro atoms. The number of nitrogens with zero attached hydrogens (tertiary/aromatic N) is 2. The first kappa shape index (κ1) is 14.9. The summed E-state index contributed by atoms with van der Waals surface area (Å²) in [6, 6.07) is 13.4. The van der Waals surface area contributed by atoms with Gasteiger partial charge in [0, 0.05) is 12.4 Å². The molecular formula is C17H19N3O. The van der Waals surface area contributed by atoms with E-state index in [1.807, 2.05) is 30.3 Å². The van der Waals surface area contributed by atoms with E-state index in [0.29, 0.717) is 5.56 Å². The third-order valence-electron chi connectivity index (χ3n) is 3.09. The summed E-state index contributed by atoms with van der Waals surface area (Å²) in [7, 11) is 0. The fourth-order valence-corrected chi connectivity index (χ4v) is 1.92. The molecule has 2 aromatic rings. The van der Waals surface area contributed by atoms with Crippen LogP contribution in [0.4, 0.5) is 0 Å². The van der Waals surface area contributed by atoms with E-state index in [9.17, 15) is 4.79 Å². The number of rotatable bonds is 6. The van der Waals surface area contributed by atoms with Gasteiger partial charge in [0.15, 0.2) is 0 Å². The van der Waals surface area contributed by atoms with Gasteiger partial charge in [-0.15, -0.1) is 0 Å². The molecule has 1 N–H and O–H groups in total. The second-order valence-electron chi connectivity index (χ2n) is 4.71. The Balaban J connectivity index is 2.11. The van der Waals surface area contributed by atoms with Crippen LogP contribution in [0.15, 0.2) is 60.0 Å². The highest BCUT2D eigenvalue weighted by atomic mass is 16.2. The molecule has 21 heavy (non-hydrogen) atoms. The lowest BCUT2D eigenvalue weighted by Gasteiger charge is -2.07. The Kier molecular flexibility index (Phi) is 5.64. The van der Waals surface area contributed by atoms with Crippen molar-refractivity contribution in [2.45, 2.75) is 26.2 Å². The average molecular weight is 281 g/mol. The van der Waals surface area contributed by atoms with Gasteiger partial charge in [-0.2, -0.15) is 5.10 Å². The molecule has 2 rings (SSSR count). The molecule has 0 saturated heterocycles. The number of nitrogens with one attached hydrogen (secondary N) is 1. The van der Waals surface area contributed by atoms with Gasteiger partial charge in [-0.1, -0.05) is 43.7 Å². The van der Waals surface area contributed by atoms with E-state index < -0.39 is 0 Å². The lowest BCUT2D eigenvalue weighted by atomic mass is 10.1. The summed E-state index contributed by atoms with van der Waals surface area (Å²) in [5, 5.41) is 4.30. The monoisotopic (exact) mass is 281 g/mol. The number of unbranched alkanes of at least 4 members (excludes halogenated alkanes) is 1. The molecule has 0 saturated carbocycles. The number of hydrogen-bond donors (Lipinski definition) is 1. The van der Waals surface area contributed by atoms with Crippen LogP contribution in [-0.4, -0.2) is 16.6 Å². The van der Waals surface area contributed by atoms with Crippen molar-refractivity contribution in [2.75, 3.05) is 0 Å². The normalized spacial score (nSPS) is 11.2. The predicted octanol–water partition coefficient (Wildman–Crippen LogP) is 3.41. The third-order valence-corrected chi connectivity index (χ3v) is 3.09. The maximum absolute atomic E-state index is 12.0. The minimum absolute atomic E-state index is 0.243. The van der Waals surface area contributed by atoms with E-state index in [4.69, 9.17) is 0 Å². The summed E-state index contributed by atoms with van der Waals surface area (Å²) in [6.07, 6.45) is 6.13. The number of aromatic nitrogens is 1. The van der Waals surface area contributed by atoms with Gasteiger partial charge < -0.3 is 0 Å². The van der Waals surface area contributed by atoms with Crippen LogP contribution in [0.3, 0.4) is 0 Å². The highest BCUT2D eigenvalue weighted by Crippen LogP contribution is 2.08. The largest absolute Gasteiger partial charge is 0.272 e. The predicted molar refractivity (Wildman–Crippen MR) is 84.2 cm³/mol. The zero-order valence-corrected chi connectivity index (χ0v) is 12.1. The van der Waals surface area contributed by atoms with Crippen molar-refractivity contribution < 1.29 is 4.79 Å². The number of carbonyl (C=O) groups is 1. The molecule has 0 unspecified atom stereocenters. The maximum Gasteiger partial charge on any atom is 0.272 e. The lowest BCUT2D eigenvalue weighted by molar-refractivity contribution is 0.0954. The van der Waals surface area contributed by atoms with Crippen molar-refractivity contribution in [3.05, 3.63) is 66.0 Å². The average Bonchev–Trinajstić information content (AvgIpc) is 2.56. The molecule has 1 heterocycles. The number of amides is 1. The van der Waals surface area contributed by atoms with Gasteiger partial charge in [0.05, 0.1) is 11.3 Å². The Bertz CT molecular complexity index is 594. The van der Waals surface area contributed by atoms with Crippen molar-refractivity contribution in [3.63, 3.8) is 0 Å². The second-order valence-corrected chi connectivity index (χ2v) is 4.71. The van der Waals surface area contributed by atoms with Gasteiger partial charge in [-0.3, -0.25) is 9.78 Å². The summed E-state index contributed by atoms with van der Waals surface area (Å²) in [5.41, 5.74) is 5.06. The van der Waals surface area contributed by atoms with Crippen LogP contribution < -0.4 is 5.43 Å². The first-order valence-electron chi connectivity index (χ1n) is 7.13. The number of pyridine rings is 1. The molecule has 0 aliphatic rings. The number of carbonyl (C=O) groups excluding carboxylic acids is 1. The highest BCUT2D eigenvalue weighted by Gasteiger charge is 2.06. The number of hydrazone groups is 1. The smallest absolute Gasteiger partial charge is 0.267 e. The SMILES string of the molecule is CCCC/C(=N\NC(=O)c1cccnc1)c1ccccc1. The van der Waals surface area contributed by atoms with Crippen LogP contribution in [0.1, 0.15) is 42.1 Å². The van der Waals surface area contributed by atoms with Gasteiger partial charge in [0.2, 0.25) is 0 Å². The van der Waals surface area contributed by atoms with Gasteiger partial charge in [0.25, 0.3) is 5.91 Å². The Morgan fingerprint density at radius 1 is 1.14 bits per heavy atom. The van der Waals surface area contributed by atoms with Gasteiger partial charge in [-0.05, 0) is 30.5 Å². The molecule has 0 aliphatic heterocycles. The summed E-state index contributed by atoms with van der Waals surface area (Å²) in [5.74, 6) is -0.243. The molecule has 1 aromatic heterocycles. The second kappa shape index (κ2) is 7.94. The van der Waals surface area contributed by atoms with Crippen molar-refractivity contribution in [3.8, 4) is 0 Å². The van der Waals surface area contributed by atoms with Crippen molar-refractivity contribution >= 4 is 11.6 Å². The molecule has 0 bridgehead atoms. The van der Waals surface area contributed by atoms with Crippen molar-refractivity contribution in [1.82, 2.24) is 10.4 Å². The highest BCUT2D eigenvalue weighted by molar-refractivity contribution is 6.02. The number of hydrogen-bond acceptors (Lipinski definition) is 3. The van der Waals surface area contributed by atoms with E-state index >= 15 is 0 Å². The van der Waals surface area contributed by atoms with Crippen molar-refractivity contribution in [1.29, 1.82) is 0 Å². The van der Waals surface area contributed by atoms with Gasteiger partial charge >= 0.3 is 0 Å². The Labute approximate surface area is 124 Å². The van der Waals surface area contributed by atoms with E-state index in [2.05, 4.69) is 22.4 Å².